The van der Waals surface area contributed by atoms with Gasteiger partial charge in [0, 0.05) is 11.1 Å². The average Bonchev–Trinajstić information content (AvgIpc) is 3.25. The van der Waals surface area contributed by atoms with Crippen molar-refractivity contribution < 1.29 is 8.42 Å². The number of allylic oxidation sites excluding steroid dienone is 2. The number of hydrogen-bond donors (Lipinski definition) is 1. The molecule has 41 heavy (non-hydrogen) atoms. The number of fused-ring (bicyclic) bond motifs is 5. The predicted molar refractivity (Wildman–Crippen MR) is 171 cm³/mol. The molecular formula is C36H56N2O2S. The summed E-state index contributed by atoms with van der Waals surface area (Å²) in [5, 5.41) is 4.60. The molecular weight excluding hydrogens is 524 g/mol. The second kappa shape index (κ2) is 11.1. The van der Waals surface area contributed by atoms with Crippen molar-refractivity contribution in [2.75, 3.05) is 0 Å². The van der Waals surface area contributed by atoms with Crippen LogP contribution in [0, 0.1) is 58.7 Å². The third-order valence-corrected chi connectivity index (χ3v) is 13.8. The summed E-state index contributed by atoms with van der Waals surface area (Å²) in [4.78, 5) is 2.85. The highest BCUT2D eigenvalue weighted by Gasteiger charge is 2.60. The second-order valence-electron chi connectivity index (χ2n) is 15.8. The minimum absolute atomic E-state index is 0.170. The highest BCUT2D eigenvalue weighted by Crippen LogP contribution is 2.68. The Morgan fingerprint density at radius 3 is 2.34 bits per heavy atom. The Hall–Kier alpha value is -1.62. The van der Waals surface area contributed by atoms with Gasteiger partial charge in [-0.3, -0.25) is 0 Å². The van der Waals surface area contributed by atoms with Gasteiger partial charge in [0.25, 0.3) is 10.0 Å². The van der Waals surface area contributed by atoms with Crippen molar-refractivity contribution in [1.82, 2.24) is 4.83 Å². The Morgan fingerprint density at radius 1 is 0.951 bits per heavy atom. The molecule has 5 heteroatoms. The van der Waals surface area contributed by atoms with Crippen LogP contribution >= 0.6 is 0 Å². The summed E-state index contributed by atoms with van der Waals surface area (Å²) in [6.45, 7) is 19.0. The molecule has 4 nitrogen and oxygen atoms in total. The zero-order chi connectivity index (χ0) is 29.8. The molecule has 4 aliphatic carbocycles. The summed E-state index contributed by atoms with van der Waals surface area (Å²) < 4.78 is 26.0. The van der Waals surface area contributed by atoms with Gasteiger partial charge in [0.1, 0.15) is 0 Å². The fraction of sp³-hybridized carbons (Fsp3) is 0.750. The lowest BCUT2D eigenvalue weighted by molar-refractivity contribution is -0.0510. The van der Waals surface area contributed by atoms with Crippen molar-refractivity contribution >= 4 is 15.7 Å². The molecule has 0 radical (unpaired) electrons. The van der Waals surface area contributed by atoms with Gasteiger partial charge in [-0.1, -0.05) is 97.1 Å². The summed E-state index contributed by atoms with van der Waals surface area (Å²) in [6, 6.07) is 6.97. The third-order valence-electron chi connectivity index (χ3n) is 12.6. The monoisotopic (exact) mass is 580 g/mol. The van der Waals surface area contributed by atoms with E-state index in [0.717, 1.165) is 59.6 Å². The summed E-state index contributed by atoms with van der Waals surface area (Å²) in [5.74, 6) is 4.87. The minimum atomic E-state index is -3.69. The molecule has 0 unspecified atom stereocenters. The molecule has 0 spiro atoms. The summed E-state index contributed by atoms with van der Waals surface area (Å²) >= 11 is 0. The molecule has 0 aromatic heterocycles. The van der Waals surface area contributed by atoms with Crippen molar-refractivity contribution in [3.63, 3.8) is 0 Å². The van der Waals surface area contributed by atoms with E-state index >= 15 is 0 Å². The fourth-order valence-electron chi connectivity index (χ4n) is 10.3. The van der Waals surface area contributed by atoms with Gasteiger partial charge in [-0.25, -0.2) is 4.83 Å². The highest BCUT2D eigenvalue weighted by atomic mass is 32.2. The Morgan fingerprint density at radius 2 is 1.66 bits per heavy atom. The van der Waals surface area contributed by atoms with Gasteiger partial charge in [-0.15, -0.1) is 0 Å². The first-order valence-electron chi connectivity index (χ1n) is 16.6. The van der Waals surface area contributed by atoms with E-state index in [2.05, 4.69) is 64.5 Å². The van der Waals surface area contributed by atoms with Crippen LogP contribution in [0.15, 0.2) is 45.9 Å². The number of aryl methyl sites for hydroxylation is 1. The number of benzene rings is 1. The Labute approximate surface area is 251 Å². The lowest BCUT2D eigenvalue weighted by atomic mass is 9.44. The van der Waals surface area contributed by atoms with E-state index in [1.165, 1.54) is 56.9 Å². The van der Waals surface area contributed by atoms with Gasteiger partial charge >= 0.3 is 0 Å². The van der Waals surface area contributed by atoms with Crippen LogP contribution in [0.4, 0.5) is 0 Å². The number of sulfonamides is 1. The molecule has 1 N–H and O–H groups in total. The zero-order valence-electron chi connectivity index (χ0n) is 27.1. The maximum Gasteiger partial charge on any atom is 0.276 e. The SMILES string of the molecule is Cc1ccc(S(=O)(=O)N/N=C2/CC[C@@]3(C)C(=CC[C@H]4[C@@H]5CC[C@H]([C@H](C)CCCC(C)C)[C@@]5(C)CC[C@@H]43)C2(C)C)cc1. The molecule has 3 saturated carbocycles. The Bertz CT molecular complexity index is 1280. The maximum atomic E-state index is 13.0. The van der Waals surface area contributed by atoms with Crippen molar-refractivity contribution in [1.29, 1.82) is 0 Å². The topological polar surface area (TPSA) is 58.5 Å². The van der Waals surface area contributed by atoms with Crippen LogP contribution in [-0.2, 0) is 10.0 Å². The predicted octanol–water partition coefficient (Wildman–Crippen LogP) is 9.31. The van der Waals surface area contributed by atoms with E-state index in [0.29, 0.717) is 5.41 Å². The highest BCUT2D eigenvalue weighted by molar-refractivity contribution is 7.89. The van der Waals surface area contributed by atoms with Crippen LogP contribution in [0.5, 0.6) is 0 Å². The van der Waals surface area contributed by atoms with E-state index in [9.17, 15) is 8.42 Å². The number of hydrazone groups is 1. The van der Waals surface area contributed by atoms with Crippen molar-refractivity contribution in [2.45, 2.75) is 124 Å². The van der Waals surface area contributed by atoms with E-state index in [1.807, 2.05) is 19.1 Å². The lowest BCUT2D eigenvalue weighted by Gasteiger charge is -2.60. The number of hydrogen-bond acceptors (Lipinski definition) is 3. The van der Waals surface area contributed by atoms with E-state index in [4.69, 9.17) is 0 Å². The molecule has 4 aliphatic rings. The molecule has 0 aliphatic heterocycles. The van der Waals surface area contributed by atoms with Gasteiger partial charge in [0.15, 0.2) is 0 Å². The minimum Gasteiger partial charge on any atom is -0.200 e. The molecule has 0 bridgehead atoms. The van der Waals surface area contributed by atoms with Crippen LogP contribution in [0.25, 0.3) is 0 Å². The lowest BCUT2D eigenvalue weighted by Crippen LogP contribution is -2.54. The quantitative estimate of drug-likeness (QED) is 0.246. The molecule has 3 fully saturated rings. The summed E-state index contributed by atoms with van der Waals surface area (Å²) in [5.41, 5.74) is 3.92. The number of nitrogens with one attached hydrogen (secondary N) is 1. The van der Waals surface area contributed by atoms with Crippen molar-refractivity contribution in [3.05, 3.63) is 41.5 Å². The third kappa shape index (κ3) is 5.47. The molecule has 1 aromatic carbocycles. The van der Waals surface area contributed by atoms with Crippen molar-refractivity contribution in [2.24, 2.45) is 56.9 Å². The largest absolute Gasteiger partial charge is 0.276 e. The van der Waals surface area contributed by atoms with Crippen LogP contribution in [0.3, 0.4) is 0 Å². The molecule has 0 heterocycles. The Balaban J connectivity index is 1.34. The van der Waals surface area contributed by atoms with Gasteiger partial charge in [0.2, 0.25) is 0 Å². The van der Waals surface area contributed by atoms with Crippen LogP contribution in [0.1, 0.15) is 118 Å². The normalized spacial score (nSPS) is 36.3. The van der Waals surface area contributed by atoms with Crippen LogP contribution in [0.2, 0.25) is 0 Å². The molecule has 228 valence electrons. The summed E-state index contributed by atoms with van der Waals surface area (Å²) in [7, 11) is -3.69. The van der Waals surface area contributed by atoms with E-state index in [1.54, 1.807) is 12.1 Å². The molecule has 7 atom stereocenters. The first kappa shape index (κ1) is 30.8. The van der Waals surface area contributed by atoms with Gasteiger partial charge in [0.05, 0.1) is 4.90 Å². The van der Waals surface area contributed by atoms with E-state index in [-0.39, 0.29) is 15.7 Å². The van der Waals surface area contributed by atoms with Gasteiger partial charge < -0.3 is 0 Å². The fourth-order valence-corrected chi connectivity index (χ4v) is 11.2. The standard InChI is InChI=1S/C36H56N2O2S/c1-24(2)10-9-11-26(4)29-17-18-30-28-16-19-32-34(5,6)33(21-23-36(32,8)31(28)20-22-35(29,30)7)37-38-41(39,40)27-14-12-25(3)13-15-27/h12-15,19,24,26,28-31,38H,9-11,16-18,20-23H2,1-8H3/b37-33-/t26-,28+,29-,30+,31+,35-,36-/m1/s1. The van der Waals surface area contributed by atoms with Crippen molar-refractivity contribution in [3.8, 4) is 0 Å². The first-order valence-corrected chi connectivity index (χ1v) is 18.0. The molecule has 5 rings (SSSR count). The summed E-state index contributed by atoms with van der Waals surface area (Å²) in [6.07, 6.45) is 15.3. The molecule has 1 aromatic rings. The Kier molecular flexibility index (Phi) is 8.38. The number of rotatable bonds is 8. The smallest absolute Gasteiger partial charge is 0.200 e. The molecule has 0 amide bonds. The number of nitrogens with zero attached hydrogens (tertiary/aromatic N) is 1. The van der Waals surface area contributed by atoms with E-state index < -0.39 is 10.0 Å². The van der Waals surface area contributed by atoms with Gasteiger partial charge in [-0.05, 0) is 110 Å². The average molecular weight is 581 g/mol. The first-order chi connectivity index (χ1) is 19.2. The molecule has 0 saturated heterocycles. The van der Waals surface area contributed by atoms with Crippen LogP contribution in [-0.4, -0.2) is 14.1 Å². The van der Waals surface area contributed by atoms with Crippen LogP contribution < -0.4 is 4.83 Å². The maximum absolute atomic E-state index is 13.0. The zero-order valence-corrected chi connectivity index (χ0v) is 27.9. The van der Waals surface area contributed by atoms with Gasteiger partial charge in [-0.2, -0.15) is 13.5 Å². The second-order valence-corrected chi connectivity index (χ2v) is 17.4.